The van der Waals surface area contributed by atoms with E-state index in [0.717, 1.165) is 33.9 Å². The minimum absolute atomic E-state index is 0.123. The Kier molecular flexibility index (Phi) is 7.19. The smallest absolute Gasteiger partial charge is 0.293 e. The molecule has 6 nitrogen and oxygen atoms in total. The van der Waals surface area contributed by atoms with Crippen molar-refractivity contribution in [3.63, 3.8) is 0 Å². The standard InChI is InChI=1S/C31H28N2O4/c1-36-28-18-14-23(15-19-28)20-21-32-30(34)29(37-31(32)35)22-24-12-16-27(17-13-24)33(25-8-4-2-5-9-25)26-10-6-3-7-11-26/h2-19,22,31,35H,20-21H2,1H3/b29-22+. The van der Waals surface area contributed by atoms with Crippen LogP contribution in [0, 0.1) is 0 Å². The average molecular weight is 493 g/mol. The third kappa shape index (κ3) is 5.50. The molecule has 0 radical (unpaired) electrons. The molecule has 1 fully saturated rings. The van der Waals surface area contributed by atoms with Crippen LogP contribution in [0.5, 0.6) is 5.75 Å². The summed E-state index contributed by atoms with van der Waals surface area (Å²) < 4.78 is 10.7. The van der Waals surface area contributed by atoms with Gasteiger partial charge in [0.25, 0.3) is 12.3 Å². The lowest BCUT2D eigenvalue weighted by atomic mass is 10.1. The molecule has 1 aliphatic heterocycles. The molecule has 1 N–H and O–H groups in total. The summed E-state index contributed by atoms with van der Waals surface area (Å²) in [7, 11) is 1.62. The summed E-state index contributed by atoms with van der Waals surface area (Å²) in [6, 6.07) is 35.8. The molecule has 1 atom stereocenters. The molecule has 1 saturated heterocycles. The van der Waals surface area contributed by atoms with E-state index in [9.17, 15) is 9.90 Å². The fraction of sp³-hybridized carbons (Fsp3) is 0.129. The fourth-order valence-electron chi connectivity index (χ4n) is 4.29. The SMILES string of the molecule is COc1ccc(CCN2C(=O)/C(=C\c3ccc(N(c4ccccc4)c4ccccc4)cc3)OC2O)cc1. The number of methoxy groups -OCH3 is 1. The quantitative estimate of drug-likeness (QED) is 0.311. The number of benzene rings is 4. The summed E-state index contributed by atoms with van der Waals surface area (Å²) in [5.74, 6) is 0.564. The van der Waals surface area contributed by atoms with Crippen molar-refractivity contribution in [1.82, 2.24) is 4.90 Å². The highest BCUT2D eigenvalue weighted by Gasteiger charge is 2.35. The van der Waals surface area contributed by atoms with Crippen LogP contribution in [-0.4, -0.2) is 36.0 Å². The molecule has 0 aliphatic carbocycles. The number of aliphatic hydroxyl groups excluding tert-OH is 1. The Hall–Kier alpha value is -4.55. The minimum Gasteiger partial charge on any atom is -0.497 e. The molecule has 1 amide bonds. The van der Waals surface area contributed by atoms with E-state index < -0.39 is 6.41 Å². The number of aliphatic hydroxyl groups is 1. The van der Waals surface area contributed by atoms with E-state index in [1.165, 1.54) is 4.90 Å². The lowest BCUT2D eigenvalue weighted by Gasteiger charge is -2.25. The summed E-state index contributed by atoms with van der Waals surface area (Å²) >= 11 is 0. The monoisotopic (exact) mass is 492 g/mol. The number of carbonyl (C=O) groups excluding carboxylic acids is 1. The van der Waals surface area contributed by atoms with Crippen LogP contribution >= 0.6 is 0 Å². The summed E-state index contributed by atoms with van der Waals surface area (Å²) in [5, 5.41) is 10.4. The summed E-state index contributed by atoms with van der Waals surface area (Å²) in [5.41, 5.74) is 4.92. The van der Waals surface area contributed by atoms with Crippen LogP contribution in [0.2, 0.25) is 0 Å². The first-order valence-corrected chi connectivity index (χ1v) is 12.1. The Bertz CT molecular complexity index is 1310. The highest BCUT2D eigenvalue weighted by Crippen LogP contribution is 2.34. The van der Waals surface area contributed by atoms with Gasteiger partial charge in [-0.15, -0.1) is 0 Å². The lowest BCUT2D eigenvalue weighted by molar-refractivity contribution is -0.144. The number of amides is 1. The van der Waals surface area contributed by atoms with Crippen molar-refractivity contribution in [2.75, 3.05) is 18.6 Å². The molecule has 4 aromatic rings. The predicted molar refractivity (Wildman–Crippen MR) is 145 cm³/mol. The van der Waals surface area contributed by atoms with Gasteiger partial charge in [-0.25, -0.2) is 0 Å². The first-order chi connectivity index (χ1) is 18.1. The highest BCUT2D eigenvalue weighted by atomic mass is 16.6. The van der Waals surface area contributed by atoms with Crippen molar-refractivity contribution in [3.8, 4) is 5.75 Å². The van der Waals surface area contributed by atoms with E-state index in [4.69, 9.17) is 9.47 Å². The Labute approximate surface area is 216 Å². The topological polar surface area (TPSA) is 62.2 Å². The predicted octanol–water partition coefficient (Wildman–Crippen LogP) is 5.88. The molecule has 0 spiro atoms. The molecule has 1 aliphatic rings. The Morgan fingerprint density at radius 3 is 1.97 bits per heavy atom. The van der Waals surface area contributed by atoms with Gasteiger partial charge >= 0.3 is 0 Å². The molecule has 37 heavy (non-hydrogen) atoms. The Balaban J connectivity index is 1.31. The molecule has 0 aromatic heterocycles. The largest absolute Gasteiger partial charge is 0.497 e. The zero-order valence-corrected chi connectivity index (χ0v) is 20.5. The van der Waals surface area contributed by atoms with Gasteiger partial charge in [-0.3, -0.25) is 9.69 Å². The molecular formula is C31H28N2O4. The van der Waals surface area contributed by atoms with Gasteiger partial charge < -0.3 is 19.5 Å². The summed E-state index contributed by atoms with van der Waals surface area (Å²) in [4.78, 5) is 16.4. The third-order valence-corrected chi connectivity index (χ3v) is 6.25. The second-order valence-corrected chi connectivity index (χ2v) is 8.65. The zero-order valence-electron chi connectivity index (χ0n) is 20.5. The van der Waals surface area contributed by atoms with Gasteiger partial charge in [0.15, 0.2) is 5.76 Å². The van der Waals surface area contributed by atoms with E-state index in [0.29, 0.717) is 13.0 Å². The van der Waals surface area contributed by atoms with Gasteiger partial charge in [-0.1, -0.05) is 60.7 Å². The van der Waals surface area contributed by atoms with E-state index in [1.807, 2.05) is 84.9 Å². The van der Waals surface area contributed by atoms with Crippen molar-refractivity contribution >= 4 is 29.0 Å². The molecule has 1 unspecified atom stereocenters. The van der Waals surface area contributed by atoms with Gasteiger partial charge in [-0.2, -0.15) is 0 Å². The van der Waals surface area contributed by atoms with Crippen molar-refractivity contribution in [1.29, 1.82) is 0 Å². The fourth-order valence-corrected chi connectivity index (χ4v) is 4.29. The van der Waals surface area contributed by atoms with E-state index in [1.54, 1.807) is 13.2 Å². The molecular weight excluding hydrogens is 464 g/mol. The van der Waals surface area contributed by atoms with E-state index in [-0.39, 0.29) is 11.7 Å². The van der Waals surface area contributed by atoms with Crippen molar-refractivity contribution in [2.24, 2.45) is 0 Å². The number of hydrogen-bond acceptors (Lipinski definition) is 5. The molecule has 5 rings (SSSR count). The molecule has 6 heteroatoms. The number of ether oxygens (including phenoxy) is 2. The van der Waals surface area contributed by atoms with Crippen LogP contribution in [0.1, 0.15) is 11.1 Å². The van der Waals surface area contributed by atoms with Gasteiger partial charge in [-0.05, 0) is 72.2 Å². The number of anilines is 3. The first kappa shape index (κ1) is 24.2. The van der Waals surface area contributed by atoms with Crippen molar-refractivity contribution < 1.29 is 19.4 Å². The van der Waals surface area contributed by atoms with Crippen molar-refractivity contribution in [3.05, 3.63) is 126 Å². The molecule has 1 heterocycles. The van der Waals surface area contributed by atoms with Crippen LogP contribution in [0.3, 0.4) is 0 Å². The van der Waals surface area contributed by atoms with Crippen LogP contribution in [-0.2, 0) is 16.0 Å². The maximum absolute atomic E-state index is 12.9. The van der Waals surface area contributed by atoms with Crippen LogP contribution in [0.25, 0.3) is 6.08 Å². The minimum atomic E-state index is -1.30. The maximum atomic E-state index is 12.9. The third-order valence-electron chi connectivity index (χ3n) is 6.25. The van der Waals surface area contributed by atoms with Crippen LogP contribution < -0.4 is 9.64 Å². The zero-order chi connectivity index (χ0) is 25.6. The number of hydrogen-bond donors (Lipinski definition) is 1. The van der Waals surface area contributed by atoms with Crippen molar-refractivity contribution in [2.45, 2.75) is 12.8 Å². The van der Waals surface area contributed by atoms with Gasteiger partial charge in [0.2, 0.25) is 0 Å². The molecule has 0 saturated carbocycles. The molecule has 186 valence electrons. The number of rotatable bonds is 8. The Morgan fingerprint density at radius 2 is 1.41 bits per heavy atom. The second-order valence-electron chi connectivity index (χ2n) is 8.65. The number of nitrogens with zero attached hydrogens (tertiary/aromatic N) is 2. The normalized spacial score (nSPS) is 16.1. The van der Waals surface area contributed by atoms with Crippen LogP contribution in [0.4, 0.5) is 17.1 Å². The molecule has 0 bridgehead atoms. The average Bonchev–Trinajstić information content (AvgIpc) is 3.21. The van der Waals surface area contributed by atoms with Gasteiger partial charge in [0, 0.05) is 23.6 Å². The summed E-state index contributed by atoms with van der Waals surface area (Å²) in [6.45, 7) is 0.339. The van der Waals surface area contributed by atoms with Crippen LogP contribution in [0.15, 0.2) is 115 Å². The summed E-state index contributed by atoms with van der Waals surface area (Å²) in [6.07, 6.45) is 0.952. The van der Waals surface area contributed by atoms with E-state index >= 15 is 0 Å². The number of para-hydroxylation sites is 2. The molecule has 4 aromatic carbocycles. The Morgan fingerprint density at radius 1 is 0.838 bits per heavy atom. The number of carbonyl (C=O) groups is 1. The first-order valence-electron chi connectivity index (χ1n) is 12.1. The van der Waals surface area contributed by atoms with Gasteiger partial charge in [0.1, 0.15) is 5.75 Å². The maximum Gasteiger partial charge on any atom is 0.293 e. The van der Waals surface area contributed by atoms with Gasteiger partial charge in [0.05, 0.1) is 7.11 Å². The highest BCUT2D eigenvalue weighted by molar-refractivity contribution is 5.97. The lowest BCUT2D eigenvalue weighted by Crippen LogP contribution is -2.35. The van der Waals surface area contributed by atoms with E-state index in [2.05, 4.69) is 29.2 Å². The second kappa shape index (κ2) is 11.0.